The summed E-state index contributed by atoms with van der Waals surface area (Å²) in [6, 6.07) is 5.11. The van der Waals surface area contributed by atoms with E-state index >= 15 is 0 Å². The van der Waals surface area contributed by atoms with Gasteiger partial charge in [0.2, 0.25) is 15.9 Å². The fourth-order valence-corrected chi connectivity index (χ4v) is 3.41. The molecule has 0 saturated carbocycles. The van der Waals surface area contributed by atoms with Gasteiger partial charge in [-0.05, 0) is 38.5 Å². The number of anilines is 1. The van der Waals surface area contributed by atoms with Crippen LogP contribution in [-0.2, 0) is 14.8 Å². The number of nitrogens with zero attached hydrogens (tertiary/aromatic N) is 2. The zero-order valence-electron chi connectivity index (χ0n) is 13.5. The molecule has 22 heavy (non-hydrogen) atoms. The molecule has 0 N–H and O–H groups in total. The van der Waals surface area contributed by atoms with Crippen molar-refractivity contribution in [1.29, 1.82) is 0 Å². The Morgan fingerprint density at radius 3 is 2.32 bits per heavy atom. The van der Waals surface area contributed by atoms with Gasteiger partial charge in [0.1, 0.15) is 0 Å². The number of benzene rings is 1. The topological polar surface area (TPSA) is 57.7 Å². The number of carbonyl (C=O) groups is 1. The zero-order valence-corrected chi connectivity index (χ0v) is 15.0. The first kappa shape index (κ1) is 18.8. The second kappa shape index (κ2) is 7.83. The van der Waals surface area contributed by atoms with Crippen molar-refractivity contribution in [2.45, 2.75) is 27.2 Å². The Bertz CT molecular complexity index is 628. The molecule has 0 spiro atoms. The highest BCUT2D eigenvalue weighted by Crippen LogP contribution is 2.28. The van der Waals surface area contributed by atoms with Crippen LogP contribution in [0.2, 0.25) is 5.02 Å². The highest BCUT2D eigenvalue weighted by Gasteiger charge is 2.22. The van der Waals surface area contributed by atoms with Gasteiger partial charge in [-0.2, -0.15) is 0 Å². The molecular formula is C15H23ClN2O3S. The summed E-state index contributed by atoms with van der Waals surface area (Å²) in [4.78, 5) is 13.8. The van der Waals surface area contributed by atoms with Crippen molar-refractivity contribution in [3.05, 3.63) is 28.8 Å². The predicted octanol–water partition coefficient (Wildman–Crippen LogP) is 2.67. The summed E-state index contributed by atoms with van der Waals surface area (Å²) >= 11 is 6.07. The van der Waals surface area contributed by atoms with Crippen molar-refractivity contribution in [1.82, 2.24) is 4.90 Å². The minimum atomic E-state index is -3.49. The lowest BCUT2D eigenvalue weighted by atomic mass is 10.2. The third kappa shape index (κ3) is 4.61. The maximum atomic E-state index is 12.1. The fourth-order valence-electron chi connectivity index (χ4n) is 2.26. The van der Waals surface area contributed by atoms with Crippen LogP contribution >= 0.6 is 11.6 Å². The van der Waals surface area contributed by atoms with Crippen LogP contribution in [0.15, 0.2) is 18.2 Å². The maximum Gasteiger partial charge on any atom is 0.232 e. The van der Waals surface area contributed by atoms with Crippen LogP contribution in [0, 0.1) is 6.92 Å². The summed E-state index contributed by atoms with van der Waals surface area (Å²) in [6.07, 6.45) is 1.27. The largest absolute Gasteiger partial charge is 0.343 e. The number of amides is 1. The molecule has 1 rings (SSSR count). The molecule has 0 atom stereocenters. The first-order valence-corrected chi connectivity index (χ1v) is 9.45. The van der Waals surface area contributed by atoms with Gasteiger partial charge in [-0.15, -0.1) is 0 Å². The Balaban J connectivity index is 3.02. The third-order valence-electron chi connectivity index (χ3n) is 3.55. The fraction of sp³-hybridized carbons (Fsp3) is 0.533. The molecule has 0 fully saturated rings. The van der Waals surface area contributed by atoms with E-state index < -0.39 is 10.0 Å². The van der Waals surface area contributed by atoms with Crippen LogP contribution in [0.4, 0.5) is 5.69 Å². The smallest absolute Gasteiger partial charge is 0.232 e. The van der Waals surface area contributed by atoms with Crippen LogP contribution < -0.4 is 4.31 Å². The summed E-state index contributed by atoms with van der Waals surface area (Å²) in [6.45, 7) is 6.90. The van der Waals surface area contributed by atoms with Crippen LogP contribution in [-0.4, -0.2) is 45.1 Å². The molecule has 1 aromatic rings. The summed E-state index contributed by atoms with van der Waals surface area (Å²) in [5, 5.41) is 0.501. The van der Waals surface area contributed by atoms with E-state index in [4.69, 9.17) is 11.6 Å². The summed E-state index contributed by atoms with van der Waals surface area (Å²) in [7, 11) is -3.49. The van der Waals surface area contributed by atoms with Gasteiger partial charge in [0.25, 0.3) is 0 Å². The molecule has 0 bridgehead atoms. The molecule has 7 heteroatoms. The summed E-state index contributed by atoms with van der Waals surface area (Å²) in [5.74, 6) is -0.0571. The minimum absolute atomic E-state index is 0.0571. The third-order valence-corrected chi connectivity index (χ3v) is 5.14. The molecule has 0 aliphatic carbocycles. The molecule has 0 aromatic heterocycles. The molecule has 1 aromatic carbocycles. The van der Waals surface area contributed by atoms with Crippen LogP contribution in [0.1, 0.15) is 25.8 Å². The van der Waals surface area contributed by atoms with Gasteiger partial charge in [-0.3, -0.25) is 9.10 Å². The molecule has 0 saturated heterocycles. The Hall–Kier alpha value is -1.27. The van der Waals surface area contributed by atoms with Gasteiger partial charge < -0.3 is 4.90 Å². The Morgan fingerprint density at radius 1 is 1.23 bits per heavy atom. The molecule has 0 aliphatic heterocycles. The van der Waals surface area contributed by atoms with Crippen LogP contribution in [0.25, 0.3) is 0 Å². The standard InChI is InChI=1S/C15H23ClN2O3S/c1-5-17(6-2)15(19)10-11-18(22(4,20)21)14-9-7-8-13(16)12(14)3/h7-9H,5-6,10-11H2,1-4H3. The number of hydrogen-bond acceptors (Lipinski definition) is 3. The van der Waals surface area contributed by atoms with Gasteiger partial charge in [0, 0.05) is 31.1 Å². The first-order chi connectivity index (χ1) is 10.2. The average molecular weight is 347 g/mol. The van der Waals surface area contributed by atoms with Crippen molar-refractivity contribution >= 4 is 33.2 Å². The van der Waals surface area contributed by atoms with Gasteiger partial charge in [-0.25, -0.2) is 8.42 Å². The van der Waals surface area contributed by atoms with Crippen molar-refractivity contribution in [2.75, 3.05) is 30.2 Å². The Kier molecular flexibility index (Phi) is 6.68. The van der Waals surface area contributed by atoms with Crippen LogP contribution in [0.5, 0.6) is 0 Å². The second-order valence-corrected chi connectivity index (χ2v) is 7.35. The molecule has 0 heterocycles. The number of hydrogen-bond donors (Lipinski definition) is 0. The van der Waals surface area contributed by atoms with Gasteiger partial charge in [-0.1, -0.05) is 17.7 Å². The maximum absolute atomic E-state index is 12.1. The van der Waals surface area contributed by atoms with E-state index in [-0.39, 0.29) is 18.9 Å². The van der Waals surface area contributed by atoms with Gasteiger partial charge in [0.05, 0.1) is 11.9 Å². The molecule has 0 radical (unpaired) electrons. The van der Waals surface area contributed by atoms with E-state index in [1.807, 2.05) is 13.8 Å². The number of sulfonamides is 1. The van der Waals surface area contributed by atoms with E-state index in [0.29, 0.717) is 29.4 Å². The van der Waals surface area contributed by atoms with E-state index in [0.717, 1.165) is 6.26 Å². The molecule has 1 amide bonds. The van der Waals surface area contributed by atoms with E-state index in [9.17, 15) is 13.2 Å². The zero-order chi connectivity index (χ0) is 16.9. The molecular weight excluding hydrogens is 324 g/mol. The first-order valence-electron chi connectivity index (χ1n) is 7.22. The number of carbonyl (C=O) groups excluding carboxylic acids is 1. The van der Waals surface area contributed by atoms with Crippen molar-refractivity contribution in [2.24, 2.45) is 0 Å². The second-order valence-electron chi connectivity index (χ2n) is 5.04. The van der Waals surface area contributed by atoms with Gasteiger partial charge >= 0.3 is 0 Å². The number of rotatable bonds is 7. The Morgan fingerprint density at radius 2 is 1.82 bits per heavy atom. The highest BCUT2D eigenvalue weighted by molar-refractivity contribution is 7.92. The minimum Gasteiger partial charge on any atom is -0.343 e. The lowest BCUT2D eigenvalue weighted by molar-refractivity contribution is -0.130. The monoisotopic (exact) mass is 346 g/mol. The van der Waals surface area contributed by atoms with E-state index in [2.05, 4.69) is 0 Å². The lowest BCUT2D eigenvalue weighted by Crippen LogP contribution is -2.37. The normalized spacial score (nSPS) is 11.3. The molecule has 0 aliphatic rings. The van der Waals surface area contributed by atoms with Gasteiger partial charge in [0.15, 0.2) is 0 Å². The number of halogens is 1. The van der Waals surface area contributed by atoms with Crippen molar-refractivity contribution in [3.8, 4) is 0 Å². The average Bonchev–Trinajstić information content (AvgIpc) is 2.43. The summed E-state index contributed by atoms with van der Waals surface area (Å²) in [5.41, 5.74) is 1.20. The van der Waals surface area contributed by atoms with Crippen molar-refractivity contribution < 1.29 is 13.2 Å². The lowest BCUT2D eigenvalue weighted by Gasteiger charge is -2.26. The highest BCUT2D eigenvalue weighted by atomic mass is 35.5. The van der Waals surface area contributed by atoms with E-state index in [1.165, 1.54) is 4.31 Å². The van der Waals surface area contributed by atoms with Crippen LogP contribution in [0.3, 0.4) is 0 Å². The van der Waals surface area contributed by atoms with E-state index in [1.54, 1.807) is 30.0 Å². The predicted molar refractivity (Wildman–Crippen MR) is 90.9 cm³/mol. The molecule has 0 unspecified atom stereocenters. The Labute approximate surface area is 137 Å². The quantitative estimate of drug-likeness (QED) is 0.762. The summed E-state index contributed by atoms with van der Waals surface area (Å²) < 4.78 is 25.4. The molecule has 5 nitrogen and oxygen atoms in total. The SMILES string of the molecule is CCN(CC)C(=O)CCN(c1cccc(Cl)c1C)S(C)(=O)=O. The van der Waals surface area contributed by atoms with Crippen molar-refractivity contribution in [3.63, 3.8) is 0 Å². The molecule has 124 valence electrons.